The summed E-state index contributed by atoms with van der Waals surface area (Å²) >= 11 is 0. The SMILES string of the molecule is CCNC(=O)C1C2C3CCC(C3)C12. The summed E-state index contributed by atoms with van der Waals surface area (Å²) in [7, 11) is 0. The molecule has 3 aliphatic carbocycles. The molecular weight excluding hydrogens is 162 g/mol. The van der Waals surface area contributed by atoms with Crippen LogP contribution in [0.2, 0.25) is 0 Å². The Bertz CT molecular complexity index is 234. The summed E-state index contributed by atoms with van der Waals surface area (Å²) in [6, 6.07) is 0. The maximum absolute atomic E-state index is 11.6. The summed E-state index contributed by atoms with van der Waals surface area (Å²) in [6.07, 6.45) is 4.24. The molecule has 3 saturated carbocycles. The van der Waals surface area contributed by atoms with Crippen molar-refractivity contribution in [1.82, 2.24) is 5.32 Å². The van der Waals surface area contributed by atoms with E-state index >= 15 is 0 Å². The zero-order valence-electron chi connectivity index (χ0n) is 8.12. The maximum Gasteiger partial charge on any atom is 0.223 e. The molecule has 13 heavy (non-hydrogen) atoms. The molecule has 0 aliphatic heterocycles. The van der Waals surface area contributed by atoms with Gasteiger partial charge in [-0.2, -0.15) is 0 Å². The van der Waals surface area contributed by atoms with Gasteiger partial charge in [-0.3, -0.25) is 4.79 Å². The fourth-order valence-electron chi connectivity index (χ4n) is 3.97. The lowest BCUT2D eigenvalue weighted by atomic mass is 10.0. The first-order chi connectivity index (χ1) is 6.33. The highest BCUT2D eigenvalue weighted by atomic mass is 16.2. The first-order valence-corrected chi connectivity index (χ1v) is 5.60. The molecular formula is C11H17NO. The fourth-order valence-corrected chi connectivity index (χ4v) is 3.97. The number of carbonyl (C=O) groups excluding carboxylic acids is 1. The second kappa shape index (κ2) is 2.49. The zero-order valence-corrected chi connectivity index (χ0v) is 8.12. The van der Waals surface area contributed by atoms with Gasteiger partial charge in [0.2, 0.25) is 5.91 Å². The number of rotatable bonds is 2. The van der Waals surface area contributed by atoms with Gasteiger partial charge in [0.05, 0.1) is 0 Å². The van der Waals surface area contributed by atoms with Crippen LogP contribution in [-0.2, 0) is 4.79 Å². The molecule has 72 valence electrons. The van der Waals surface area contributed by atoms with Gasteiger partial charge in [-0.25, -0.2) is 0 Å². The minimum absolute atomic E-state index is 0.342. The predicted octanol–water partition coefficient (Wildman–Crippen LogP) is 1.41. The first kappa shape index (κ1) is 7.84. The number of carbonyl (C=O) groups is 1. The highest BCUT2D eigenvalue weighted by Gasteiger charge is 2.67. The van der Waals surface area contributed by atoms with E-state index in [1.807, 2.05) is 6.92 Å². The van der Waals surface area contributed by atoms with Crippen LogP contribution in [0, 0.1) is 29.6 Å². The minimum Gasteiger partial charge on any atom is -0.356 e. The minimum atomic E-state index is 0.342. The van der Waals surface area contributed by atoms with Gasteiger partial charge in [0.25, 0.3) is 0 Å². The van der Waals surface area contributed by atoms with Gasteiger partial charge in [-0.05, 0) is 49.9 Å². The molecule has 0 aromatic heterocycles. The van der Waals surface area contributed by atoms with Crippen LogP contribution in [0.5, 0.6) is 0 Å². The van der Waals surface area contributed by atoms with Gasteiger partial charge >= 0.3 is 0 Å². The Labute approximate surface area is 79.1 Å². The fraction of sp³-hybridized carbons (Fsp3) is 0.909. The van der Waals surface area contributed by atoms with Gasteiger partial charge in [-0.15, -0.1) is 0 Å². The van der Waals surface area contributed by atoms with Crippen LogP contribution in [0.3, 0.4) is 0 Å². The molecule has 0 saturated heterocycles. The van der Waals surface area contributed by atoms with Crippen molar-refractivity contribution >= 4 is 5.91 Å². The van der Waals surface area contributed by atoms with Gasteiger partial charge in [-0.1, -0.05) is 0 Å². The van der Waals surface area contributed by atoms with E-state index in [1.54, 1.807) is 0 Å². The monoisotopic (exact) mass is 179 g/mol. The van der Waals surface area contributed by atoms with Crippen LogP contribution in [0.1, 0.15) is 26.2 Å². The standard InChI is InChI=1S/C11H17NO/c1-2-12-11(13)10-8-6-3-4-7(5-6)9(8)10/h6-10H,2-5H2,1H3,(H,12,13). The predicted molar refractivity (Wildman–Crippen MR) is 50.0 cm³/mol. The second-order valence-electron chi connectivity index (χ2n) is 4.91. The van der Waals surface area contributed by atoms with Gasteiger partial charge in [0, 0.05) is 12.5 Å². The number of amides is 1. The zero-order chi connectivity index (χ0) is 9.00. The molecule has 2 nitrogen and oxygen atoms in total. The molecule has 3 aliphatic rings. The quantitative estimate of drug-likeness (QED) is 0.682. The Morgan fingerprint density at radius 1 is 1.31 bits per heavy atom. The smallest absolute Gasteiger partial charge is 0.223 e. The van der Waals surface area contributed by atoms with E-state index < -0.39 is 0 Å². The third-order valence-electron chi connectivity index (χ3n) is 4.39. The highest BCUT2D eigenvalue weighted by Crippen LogP contribution is 2.69. The molecule has 4 unspecified atom stereocenters. The Hall–Kier alpha value is -0.530. The third-order valence-corrected chi connectivity index (χ3v) is 4.39. The number of nitrogens with one attached hydrogen (secondary N) is 1. The summed E-state index contributed by atoms with van der Waals surface area (Å²) < 4.78 is 0. The van der Waals surface area contributed by atoms with Crippen LogP contribution >= 0.6 is 0 Å². The Kier molecular flexibility index (Phi) is 1.50. The molecule has 0 radical (unpaired) electrons. The summed E-state index contributed by atoms with van der Waals surface area (Å²) in [6.45, 7) is 2.80. The molecule has 3 rings (SSSR count). The van der Waals surface area contributed by atoms with Crippen molar-refractivity contribution in [1.29, 1.82) is 0 Å². The van der Waals surface area contributed by atoms with Crippen molar-refractivity contribution in [3.05, 3.63) is 0 Å². The molecule has 4 atom stereocenters. The summed E-state index contributed by atoms with van der Waals surface area (Å²) in [5.41, 5.74) is 0. The molecule has 0 spiro atoms. The summed E-state index contributed by atoms with van der Waals surface area (Å²) in [5, 5.41) is 2.97. The third kappa shape index (κ3) is 0.918. The lowest BCUT2D eigenvalue weighted by Gasteiger charge is -2.07. The van der Waals surface area contributed by atoms with E-state index in [0.717, 1.165) is 30.2 Å². The van der Waals surface area contributed by atoms with Gasteiger partial charge < -0.3 is 5.32 Å². The highest BCUT2D eigenvalue weighted by molar-refractivity contribution is 5.82. The lowest BCUT2D eigenvalue weighted by molar-refractivity contribution is -0.123. The van der Waals surface area contributed by atoms with Crippen molar-refractivity contribution in [2.75, 3.05) is 6.54 Å². The molecule has 2 bridgehead atoms. The first-order valence-electron chi connectivity index (χ1n) is 5.60. The van der Waals surface area contributed by atoms with Crippen molar-refractivity contribution < 1.29 is 4.79 Å². The van der Waals surface area contributed by atoms with Crippen LogP contribution in [0.15, 0.2) is 0 Å². The maximum atomic E-state index is 11.6. The molecule has 3 fully saturated rings. The van der Waals surface area contributed by atoms with Gasteiger partial charge in [0.15, 0.2) is 0 Å². The van der Waals surface area contributed by atoms with Crippen molar-refractivity contribution in [3.8, 4) is 0 Å². The molecule has 1 amide bonds. The normalized spacial score (nSPS) is 50.4. The largest absolute Gasteiger partial charge is 0.356 e. The van der Waals surface area contributed by atoms with Crippen molar-refractivity contribution in [2.45, 2.75) is 26.2 Å². The van der Waals surface area contributed by atoms with E-state index in [0.29, 0.717) is 11.8 Å². The van der Waals surface area contributed by atoms with E-state index in [9.17, 15) is 4.79 Å². The second-order valence-corrected chi connectivity index (χ2v) is 4.91. The Morgan fingerprint density at radius 2 is 1.92 bits per heavy atom. The van der Waals surface area contributed by atoms with Crippen molar-refractivity contribution in [2.24, 2.45) is 29.6 Å². The molecule has 0 aromatic carbocycles. The number of hydrogen-bond acceptors (Lipinski definition) is 1. The average molecular weight is 179 g/mol. The average Bonchev–Trinajstić information content (AvgIpc) is 2.57. The van der Waals surface area contributed by atoms with Crippen LogP contribution in [0.25, 0.3) is 0 Å². The Balaban J connectivity index is 1.69. The summed E-state index contributed by atoms with van der Waals surface area (Å²) in [5.74, 6) is 4.20. The van der Waals surface area contributed by atoms with Crippen LogP contribution in [0.4, 0.5) is 0 Å². The lowest BCUT2D eigenvalue weighted by Crippen LogP contribution is -2.27. The number of hydrogen-bond donors (Lipinski definition) is 1. The van der Waals surface area contributed by atoms with E-state index in [-0.39, 0.29) is 0 Å². The Morgan fingerprint density at radius 3 is 2.46 bits per heavy atom. The van der Waals surface area contributed by atoms with E-state index in [4.69, 9.17) is 0 Å². The number of fused-ring (bicyclic) bond motifs is 5. The van der Waals surface area contributed by atoms with E-state index in [1.165, 1.54) is 19.3 Å². The molecule has 0 heterocycles. The van der Waals surface area contributed by atoms with Crippen LogP contribution in [-0.4, -0.2) is 12.5 Å². The van der Waals surface area contributed by atoms with Crippen molar-refractivity contribution in [3.63, 3.8) is 0 Å². The molecule has 2 heteroatoms. The topological polar surface area (TPSA) is 29.1 Å². The van der Waals surface area contributed by atoms with E-state index in [2.05, 4.69) is 5.32 Å². The summed E-state index contributed by atoms with van der Waals surface area (Å²) in [4.78, 5) is 11.6. The molecule has 0 aromatic rings. The van der Waals surface area contributed by atoms with Crippen LogP contribution < -0.4 is 5.32 Å². The molecule has 1 N–H and O–H groups in total. The van der Waals surface area contributed by atoms with Gasteiger partial charge in [0.1, 0.15) is 0 Å².